The van der Waals surface area contributed by atoms with Gasteiger partial charge in [0.2, 0.25) is 0 Å². The topological polar surface area (TPSA) is 63.6 Å². The van der Waals surface area contributed by atoms with Gasteiger partial charge in [0.15, 0.2) is 0 Å². The van der Waals surface area contributed by atoms with Crippen molar-refractivity contribution in [2.45, 2.75) is 19.1 Å². The normalized spacial score (nSPS) is 13.7. The molecule has 2 unspecified atom stereocenters. The Morgan fingerprint density at radius 2 is 1.90 bits per heavy atom. The first-order valence-corrected chi connectivity index (χ1v) is 7.55. The van der Waals surface area contributed by atoms with Gasteiger partial charge in [-0.1, -0.05) is 0 Å². The second kappa shape index (κ2) is 7.40. The Morgan fingerprint density at radius 1 is 1.24 bits per heavy atom. The molecule has 2 rings (SSSR count). The van der Waals surface area contributed by atoms with E-state index in [0.717, 1.165) is 10.6 Å². The van der Waals surface area contributed by atoms with Crippen LogP contribution >= 0.6 is 11.3 Å². The van der Waals surface area contributed by atoms with E-state index in [1.165, 1.54) is 0 Å². The molecule has 0 aliphatic rings. The van der Waals surface area contributed by atoms with Crippen molar-refractivity contribution in [2.24, 2.45) is 0 Å². The van der Waals surface area contributed by atoms with Crippen LogP contribution in [0.5, 0.6) is 11.5 Å². The number of aliphatic hydroxyl groups is 1. The number of rotatable bonds is 7. The average molecular weight is 308 g/mol. The van der Waals surface area contributed by atoms with Gasteiger partial charge in [-0.05, 0) is 24.6 Å². The van der Waals surface area contributed by atoms with Crippen molar-refractivity contribution in [3.8, 4) is 11.5 Å². The largest absolute Gasteiger partial charge is 0.497 e. The number of aromatic nitrogens is 1. The van der Waals surface area contributed by atoms with Crippen molar-refractivity contribution in [3.05, 3.63) is 40.3 Å². The Hall–Kier alpha value is -1.63. The van der Waals surface area contributed by atoms with Crippen LogP contribution in [0, 0.1) is 0 Å². The fourth-order valence-corrected chi connectivity index (χ4v) is 2.63. The van der Waals surface area contributed by atoms with Crippen LogP contribution in [0.4, 0.5) is 0 Å². The third-order valence-corrected chi connectivity index (χ3v) is 4.16. The number of benzene rings is 1. The molecule has 2 N–H and O–H groups in total. The predicted molar refractivity (Wildman–Crippen MR) is 83.0 cm³/mol. The van der Waals surface area contributed by atoms with Crippen molar-refractivity contribution < 1.29 is 14.6 Å². The zero-order valence-electron chi connectivity index (χ0n) is 12.4. The number of nitrogens with one attached hydrogen (secondary N) is 1. The minimum Gasteiger partial charge on any atom is -0.497 e. The van der Waals surface area contributed by atoms with Crippen LogP contribution in [0.1, 0.15) is 29.6 Å². The molecule has 0 saturated carbocycles. The van der Waals surface area contributed by atoms with E-state index in [1.807, 2.05) is 24.4 Å². The van der Waals surface area contributed by atoms with Gasteiger partial charge in [-0.3, -0.25) is 0 Å². The van der Waals surface area contributed by atoms with Crippen LogP contribution in [0.25, 0.3) is 0 Å². The van der Waals surface area contributed by atoms with Gasteiger partial charge < -0.3 is 19.9 Å². The van der Waals surface area contributed by atoms with Gasteiger partial charge in [0.25, 0.3) is 0 Å². The van der Waals surface area contributed by atoms with Gasteiger partial charge in [0, 0.05) is 24.2 Å². The average Bonchev–Trinajstić information content (AvgIpc) is 3.06. The fraction of sp³-hybridized carbons (Fsp3) is 0.400. The first-order chi connectivity index (χ1) is 10.1. The molecule has 1 heterocycles. The van der Waals surface area contributed by atoms with E-state index >= 15 is 0 Å². The Bertz CT molecular complexity index is 538. The summed E-state index contributed by atoms with van der Waals surface area (Å²) in [6.45, 7) is 2.45. The number of methoxy groups -OCH3 is 2. The highest BCUT2D eigenvalue weighted by Gasteiger charge is 2.14. The van der Waals surface area contributed by atoms with Crippen LogP contribution in [0.15, 0.2) is 29.8 Å². The second-order valence-corrected chi connectivity index (χ2v) is 5.59. The van der Waals surface area contributed by atoms with Crippen molar-refractivity contribution in [3.63, 3.8) is 0 Å². The summed E-state index contributed by atoms with van der Waals surface area (Å²) in [4.78, 5) is 4.26. The lowest BCUT2D eigenvalue weighted by molar-refractivity contribution is 0.170. The standard InChI is InChI=1S/C15H20N2O3S/c1-10(15-16-4-5-21-15)17-9-14(18)11-6-12(19-2)8-13(7-11)20-3/h4-8,10,14,17-18H,9H2,1-3H3. The number of aliphatic hydroxyl groups excluding tert-OH is 1. The maximum Gasteiger partial charge on any atom is 0.122 e. The van der Waals surface area contributed by atoms with Crippen molar-refractivity contribution in [1.29, 1.82) is 0 Å². The van der Waals surface area contributed by atoms with Crippen molar-refractivity contribution in [1.82, 2.24) is 10.3 Å². The summed E-state index contributed by atoms with van der Waals surface area (Å²) in [7, 11) is 3.18. The zero-order valence-corrected chi connectivity index (χ0v) is 13.2. The van der Waals surface area contributed by atoms with Gasteiger partial charge in [-0.2, -0.15) is 0 Å². The van der Waals surface area contributed by atoms with E-state index in [0.29, 0.717) is 18.0 Å². The van der Waals surface area contributed by atoms with Crippen molar-refractivity contribution >= 4 is 11.3 Å². The van der Waals surface area contributed by atoms with E-state index in [4.69, 9.17) is 9.47 Å². The van der Waals surface area contributed by atoms with Crippen molar-refractivity contribution in [2.75, 3.05) is 20.8 Å². The highest BCUT2D eigenvalue weighted by molar-refractivity contribution is 7.09. The minimum absolute atomic E-state index is 0.104. The molecule has 0 aliphatic heterocycles. The molecular formula is C15H20N2O3S. The Morgan fingerprint density at radius 3 is 2.43 bits per heavy atom. The van der Waals surface area contributed by atoms with Crippen LogP contribution < -0.4 is 14.8 Å². The second-order valence-electron chi connectivity index (χ2n) is 4.66. The Labute approximate surface area is 128 Å². The molecule has 2 aromatic rings. The molecule has 0 aliphatic carbocycles. The summed E-state index contributed by atoms with van der Waals surface area (Å²) < 4.78 is 10.4. The highest BCUT2D eigenvalue weighted by atomic mass is 32.1. The van der Waals surface area contributed by atoms with Gasteiger partial charge in [-0.25, -0.2) is 4.98 Å². The molecule has 114 valence electrons. The summed E-state index contributed by atoms with van der Waals surface area (Å²) in [6.07, 6.45) is 1.14. The maximum absolute atomic E-state index is 10.3. The third kappa shape index (κ3) is 4.17. The maximum atomic E-state index is 10.3. The van der Waals surface area contributed by atoms with E-state index < -0.39 is 6.10 Å². The molecule has 6 heteroatoms. The molecule has 1 aromatic heterocycles. The minimum atomic E-state index is -0.642. The highest BCUT2D eigenvalue weighted by Crippen LogP contribution is 2.26. The molecule has 0 amide bonds. The van der Waals surface area contributed by atoms with Crippen LogP contribution in [-0.4, -0.2) is 30.9 Å². The smallest absolute Gasteiger partial charge is 0.122 e. The SMILES string of the molecule is COc1cc(OC)cc(C(O)CNC(C)c2nccs2)c1. The lowest BCUT2D eigenvalue weighted by Gasteiger charge is -2.17. The summed E-state index contributed by atoms with van der Waals surface area (Å²) in [5.41, 5.74) is 0.755. The molecule has 5 nitrogen and oxygen atoms in total. The lowest BCUT2D eigenvalue weighted by Crippen LogP contribution is -2.24. The first kappa shape index (κ1) is 15.8. The summed E-state index contributed by atoms with van der Waals surface area (Å²) in [6, 6.07) is 5.50. The fourth-order valence-electron chi connectivity index (χ4n) is 1.96. The lowest BCUT2D eigenvalue weighted by atomic mass is 10.1. The van der Waals surface area contributed by atoms with Crippen LogP contribution in [0.2, 0.25) is 0 Å². The molecule has 0 radical (unpaired) electrons. The van der Waals surface area contributed by atoms with Gasteiger partial charge in [0.1, 0.15) is 16.5 Å². The van der Waals surface area contributed by atoms with Gasteiger partial charge >= 0.3 is 0 Å². The molecule has 0 bridgehead atoms. The Kier molecular flexibility index (Phi) is 5.55. The van der Waals surface area contributed by atoms with E-state index in [-0.39, 0.29) is 6.04 Å². The van der Waals surface area contributed by atoms with E-state index in [9.17, 15) is 5.11 Å². The number of hydrogen-bond donors (Lipinski definition) is 2. The number of thiazole rings is 1. The quantitative estimate of drug-likeness (QED) is 0.823. The number of nitrogens with zero attached hydrogens (tertiary/aromatic N) is 1. The molecule has 1 aromatic carbocycles. The molecule has 2 atom stereocenters. The molecule has 0 spiro atoms. The third-order valence-electron chi connectivity index (χ3n) is 3.20. The zero-order chi connectivity index (χ0) is 15.2. The first-order valence-electron chi connectivity index (χ1n) is 6.68. The van der Waals surface area contributed by atoms with Crippen LogP contribution in [0.3, 0.4) is 0 Å². The molecule has 0 saturated heterocycles. The van der Waals surface area contributed by atoms with E-state index in [2.05, 4.69) is 10.3 Å². The summed E-state index contributed by atoms with van der Waals surface area (Å²) in [5, 5.41) is 16.5. The van der Waals surface area contributed by atoms with Gasteiger partial charge in [-0.15, -0.1) is 11.3 Å². The van der Waals surface area contributed by atoms with Crippen LogP contribution in [-0.2, 0) is 0 Å². The number of ether oxygens (including phenoxy) is 2. The predicted octanol–water partition coefficient (Wildman–Crippen LogP) is 2.54. The van der Waals surface area contributed by atoms with Gasteiger partial charge in [0.05, 0.1) is 26.4 Å². The molecular weight excluding hydrogens is 288 g/mol. The summed E-state index contributed by atoms with van der Waals surface area (Å²) in [5.74, 6) is 1.33. The monoisotopic (exact) mass is 308 g/mol. The Balaban J connectivity index is 2.01. The molecule has 0 fully saturated rings. The summed E-state index contributed by atoms with van der Waals surface area (Å²) >= 11 is 1.60. The molecule has 21 heavy (non-hydrogen) atoms. The van der Waals surface area contributed by atoms with E-state index in [1.54, 1.807) is 37.8 Å². The number of hydrogen-bond acceptors (Lipinski definition) is 6.